The van der Waals surface area contributed by atoms with E-state index in [1.165, 1.54) is 13.0 Å². The standard InChI is InChI=1S/C24H18F4N2O2S/c1-14(24(32)30-23-21(27)18(25)13-19(26)22(23)28)33-17-9-5-8-16(12-17)29-20(31)11-10-15-6-3-2-4-7-15/h2-14H,1H3,(H,29,31)(H,30,32)/b11-10+. The Hall–Kier alpha value is -3.59. The molecule has 2 N–H and O–H groups in total. The minimum Gasteiger partial charge on any atom is -0.322 e. The summed E-state index contributed by atoms with van der Waals surface area (Å²) in [5.74, 6) is -7.82. The lowest BCUT2D eigenvalue weighted by atomic mass is 10.2. The molecule has 4 nitrogen and oxygen atoms in total. The van der Waals surface area contributed by atoms with Gasteiger partial charge in [0.05, 0.1) is 5.25 Å². The number of thioether (sulfide) groups is 1. The Morgan fingerprint density at radius 3 is 2.21 bits per heavy atom. The van der Waals surface area contributed by atoms with Crippen molar-refractivity contribution in [3.05, 3.63) is 95.6 Å². The quantitative estimate of drug-likeness (QED) is 0.191. The van der Waals surface area contributed by atoms with E-state index in [2.05, 4.69) is 5.32 Å². The fourth-order valence-corrected chi connectivity index (χ4v) is 3.66. The fourth-order valence-electron chi connectivity index (χ4n) is 2.73. The van der Waals surface area contributed by atoms with Crippen LogP contribution in [0.4, 0.5) is 28.9 Å². The van der Waals surface area contributed by atoms with E-state index >= 15 is 0 Å². The minimum atomic E-state index is -1.69. The van der Waals surface area contributed by atoms with Crippen molar-refractivity contribution in [2.24, 2.45) is 0 Å². The van der Waals surface area contributed by atoms with Crippen molar-refractivity contribution < 1.29 is 27.2 Å². The molecular formula is C24H18F4N2O2S. The molecule has 3 rings (SSSR count). The van der Waals surface area contributed by atoms with Crippen molar-refractivity contribution in [2.45, 2.75) is 17.1 Å². The van der Waals surface area contributed by atoms with Gasteiger partial charge in [-0.25, -0.2) is 17.6 Å². The van der Waals surface area contributed by atoms with Gasteiger partial charge in [-0.15, -0.1) is 11.8 Å². The third-order valence-electron chi connectivity index (χ3n) is 4.37. The third-order valence-corrected chi connectivity index (χ3v) is 5.46. The van der Waals surface area contributed by atoms with Gasteiger partial charge >= 0.3 is 0 Å². The number of carbonyl (C=O) groups excluding carboxylic acids is 2. The van der Waals surface area contributed by atoms with Gasteiger partial charge in [-0.05, 0) is 36.8 Å². The molecular weight excluding hydrogens is 456 g/mol. The highest BCUT2D eigenvalue weighted by atomic mass is 32.2. The van der Waals surface area contributed by atoms with Gasteiger partial charge in [0, 0.05) is 22.7 Å². The second-order valence-electron chi connectivity index (χ2n) is 6.85. The number of carbonyl (C=O) groups is 2. The van der Waals surface area contributed by atoms with Crippen LogP contribution in [-0.2, 0) is 9.59 Å². The van der Waals surface area contributed by atoms with E-state index in [9.17, 15) is 27.2 Å². The number of rotatable bonds is 7. The van der Waals surface area contributed by atoms with Gasteiger partial charge < -0.3 is 10.6 Å². The average Bonchev–Trinajstić information content (AvgIpc) is 2.80. The van der Waals surface area contributed by atoms with E-state index in [0.29, 0.717) is 10.6 Å². The van der Waals surface area contributed by atoms with Crippen LogP contribution in [0.3, 0.4) is 0 Å². The summed E-state index contributed by atoms with van der Waals surface area (Å²) in [6.07, 6.45) is 3.04. The molecule has 0 aliphatic rings. The van der Waals surface area contributed by atoms with Crippen molar-refractivity contribution >= 4 is 41.0 Å². The van der Waals surface area contributed by atoms with Crippen LogP contribution in [-0.4, -0.2) is 17.1 Å². The largest absolute Gasteiger partial charge is 0.322 e. The van der Waals surface area contributed by atoms with Crippen molar-refractivity contribution in [2.75, 3.05) is 10.6 Å². The predicted molar refractivity (Wildman–Crippen MR) is 121 cm³/mol. The van der Waals surface area contributed by atoms with E-state index in [4.69, 9.17) is 0 Å². The molecule has 3 aromatic rings. The molecule has 0 fully saturated rings. The Balaban J connectivity index is 1.63. The molecule has 1 unspecified atom stereocenters. The summed E-state index contributed by atoms with van der Waals surface area (Å²) in [4.78, 5) is 25.1. The Kier molecular flexibility index (Phi) is 7.89. The molecule has 0 saturated carbocycles. The molecule has 1 atom stereocenters. The SMILES string of the molecule is CC(Sc1cccc(NC(=O)/C=C/c2ccccc2)c1)C(=O)Nc1c(F)c(F)cc(F)c1F. The molecule has 0 radical (unpaired) electrons. The molecule has 0 bridgehead atoms. The summed E-state index contributed by atoms with van der Waals surface area (Å²) in [7, 11) is 0. The summed E-state index contributed by atoms with van der Waals surface area (Å²) >= 11 is 1.03. The maximum absolute atomic E-state index is 13.8. The maximum Gasteiger partial charge on any atom is 0.248 e. The van der Waals surface area contributed by atoms with E-state index in [1.807, 2.05) is 35.6 Å². The van der Waals surface area contributed by atoms with Gasteiger partial charge in [-0.1, -0.05) is 36.4 Å². The van der Waals surface area contributed by atoms with Crippen LogP contribution in [0.25, 0.3) is 6.08 Å². The molecule has 0 aromatic heterocycles. The fraction of sp³-hybridized carbons (Fsp3) is 0.0833. The lowest BCUT2D eigenvalue weighted by Crippen LogP contribution is -2.24. The van der Waals surface area contributed by atoms with E-state index in [-0.39, 0.29) is 12.0 Å². The lowest BCUT2D eigenvalue weighted by Gasteiger charge is -2.14. The van der Waals surface area contributed by atoms with Crippen molar-refractivity contribution in [3.63, 3.8) is 0 Å². The van der Waals surface area contributed by atoms with Crippen LogP contribution in [0.2, 0.25) is 0 Å². The van der Waals surface area contributed by atoms with Gasteiger partial charge in [-0.2, -0.15) is 0 Å². The van der Waals surface area contributed by atoms with E-state index in [0.717, 1.165) is 17.3 Å². The van der Waals surface area contributed by atoms with Crippen molar-refractivity contribution in [1.82, 2.24) is 0 Å². The van der Waals surface area contributed by atoms with Gasteiger partial charge in [0.15, 0.2) is 23.3 Å². The molecule has 2 amide bonds. The third kappa shape index (κ3) is 6.45. The molecule has 33 heavy (non-hydrogen) atoms. The van der Waals surface area contributed by atoms with Crippen LogP contribution >= 0.6 is 11.8 Å². The second-order valence-corrected chi connectivity index (χ2v) is 8.27. The number of nitrogens with one attached hydrogen (secondary N) is 2. The van der Waals surface area contributed by atoms with E-state index < -0.39 is 40.1 Å². The first-order valence-electron chi connectivity index (χ1n) is 9.69. The topological polar surface area (TPSA) is 58.2 Å². The summed E-state index contributed by atoms with van der Waals surface area (Å²) in [6.45, 7) is 1.46. The zero-order valence-corrected chi connectivity index (χ0v) is 18.1. The van der Waals surface area contributed by atoms with Gasteiger partial charge in [0.1, 0.15) is 5.69 Å². The summed E-state index contributed by atoms with van der Waals surface area (Å²) in [5, 5.41) is 3.71. The number of hydrogen-bond acceptors (Lipinski definition) is 3. The Labute approximate surface area is 191 Å². The van der Waals surface area contributed by atoms with Gasteiger partial charge in [-0.3, -0.25) is 9.59 Å². The minimum absolute atomic E-state index is 0.0628. The van der Waals surface area contributed by atoms with Gasteiger partial charge in [0.25, 0.3) is 0 Å². The highest BCUT2D eigenvalue weighted by molar-refractivity contribution is 8.00. The van der Waals surface area contributed by atoms with Crippen LogP contribution in [0.15, 0.2) is 71.6 Å². The molecule has 0 spiro atoms. The van der Waals surface area contributed by atoms with Crippen LogP contribution < -0.4 is 10.6 Å². The zero-order valence-electron chi connectivity index (χ0n) is 17.2. The first-order valence-corrected chi connectivity index (χ1v) is 10.6. The number of amides is 2. The Morgan fingerprint density at radius 1 is 0.879 bits per heavy atom. The smallest absolute Gasteiger partial charge is 0.248 e. The summed E-state index contributed by atoms with van der Waals surface area (Å²) in [6, 6.07) is 15.9. The maximum atomic E-state index is 13.8. The number of hydrogen-bond donors (Lipinski definition) is 2. The Bertz CT molecular complexity index is 1180. The van der Waals surface area contributed by atoms with Crippen LogP contribution in [0.5, 0.6) is 0 Å². The van der Waals surface area contributed by atoms with Crippen molar-refractivity contribution in [3.8, 4) is 0 Å². The van der Waals surface area contributed by atoms with E-state index in [1.54, 1.807) is 30.3 Å². The zero-order chi connectivity index (χ0) is 24.0. The molecule has 9 heteroatoms. The molecule has 3 aromatic carbocycles. The highest BCUT2D eigenvalue weighted by Gasteiger charge is 2.23. The number of benzene rings is 3. The molecule has 170 valence electrons. The van der Waals surface area contributed by atoms with Crippen LogP contribution in [0, 0.1) is 23.3 Å². The molecule has 0 heterocycles. The number of anilines is 2. The highest BCUT2D eigenvalue weighted by Crippen LogP contribution is 2.29. The van der Waals surface area contributed by atoms with Crippen LogP contribution in [0.1, 0.15) is 12.5 Å². The first-order chi connectivity index (χ1) is 15.7. The van der Waals surface area contributed by atoms with Crippen molar-refractivity contribution in [1.29, 1.82) is 0 Å². The number of halogens is 4. The Morgan fingerprint density at radius 2 is 1.55 bits per heavy atom. The average molecular weight is 474 g/mol. The molecule has 0 aliphatic carbocycles. The molecule has 0 aliphatic heterocycles. The lowest BCUT2D eigenvalue weighted by molar-refractivity contribution is -0.115. The summed E-state index contributed by atoms with van der Waals surface area (Å²) < 4.78 is 54.3. The molecule has 0 saturated heterocycles. The van der Waals surface area contributed by atoms with Gasteiger partial charge in [0.2, 0.25) is 11.8 Å². The normalized spacial score (nSPS) is 11.9. The monoisotopic (exact) mass is 474 g/mol. The first kappa shape index (κ1) is 24.1. The predicted octanol–water partition coefficient (Wildman–Crippen LogP) is 6.01. The summed E-state index contributed by atoms with van der Waals surface area (Å²) in [5.41, 5.74) is 0.152. The second kappa shape index (κ2) is 10.8.